The average Bonchev–Trinajstić information content (AvgIpc) is 3.28. The highest BCUT2D eigenvalue weighted by Crippen LogP contribution is 2.31. The van der Waals surface area contributed by atoms with Crippen LogP contribution in [0.3, 0.4) is 0 Å². The minimum Gasteiger partial charge on any atom is -0.378 e. The number of aromatic nitrogens is 2. The lowest BCUT2D eigenvalue weighted by molar-refractivity contribution is 0.0527. The summed E-state index contributed by atoms with van der Waals surface area (Å²) in [5.41, 5.74) is 2.23. The van der Waals surface area contributed by atoms with E-state index in [9.17, 15) is 0 Å². The van der Waals surface area contributed by atoms with Gasteiger partial charge >= 0.3 is 6.01 Å². The van der Waals surface area contributed by atoms with Crippen LogP contribution < -0.4 is 4.90 Å². The maximum Gasteiger partial charge on any atom is 0.324 e. The van der Waals surface area contributed by atoms with Crippen molar-refractivity contribution in [2.75, 3.05) is 24.6 Å². The predicted octanol–water partition coefficient (Wildman–Crippen LogP) is 3.44. The van der Waals surface area contributed by atoms with Gasteiger partial charge in [-0.05, 0) is 38.5 Å². The number of hydrogen-bond acceptors (Lipinski definition) is 5. The smallest absolute Gasteiger partial charge is 0.324 e. The third kappa shape index (κ3) is 3.11. The fourth-order valence-electron chi connectivity index (χ4n) is 3.60. The topological polar surface area (TPSA) is 51.4 Å². The molecule has 5 nitrogen and oxygen atoms in total. The van der Waals surface area contributed by atoms with Gasteiger partial charge < -0.3 is 14.2 Å². The molecule has 0 radical (unpaired) electrons. The summed E-state index contributed by atoms with van der Waals surface area (Å²) in [4.78, 5) is 6.78. The molecule has 3 heterocycles. The lowest BCUT2D eigenvalue weighted by Gasteiger charge is -2.33. The molecule has 2 saturated heterocycles. The minimum absolute atomic E-state index is 0.475. The molecule has 1 unspecified atom stereocenters. The van der Waals surface area contributed by atoms with Crippen LogP contribution in [-0.4, -0.2) is 35.9 Å². The molecule has 2 fully saturated rings. The van der Waals surface area contributed by atoms with Crippen molar-refractivity contribution in [2.24, 2.45) is 5.92 Å². The van der Waals surface area contributed by atoms with Crippen LogP contribution in [0, 0.1) is 12.8 Å². The maximum absolute atomic E-state index is 5.84. The molecule has 2 aliphatic heterocycles. The standard InChI is InChI=1S/C18H23N3O2/c1-13-4-6-15(7-5-13)17-19-18(23-20-17)21-10-8-14(9-11-21)16-3-2-12-22-16/h4-7,14,16H,2-3,8-12H2,1H3. The zero-order chi connectivity index (χ0) is 15.6. The van der Waals surface area contributed by atoms with Gasteiger partial charge in [-0.2, -0.15) is 4.98 Å². The molecule has 2 aromatic rings. The summed E-state index contributed by atoms with van der Waals surface area (Å²) < 4.78 is 11.3. The van der Waals surface area contributed by atoms with Gasteiger partial charge in [-0.1, -0.05) is 35.0 Å². The second-order valence-electron chi connectivity index (χ2n) is 6.64. The molecule has 1 aromatic heterocycles. The van der Waals surface area contributed by atoms with Gasteiger partial charge in [-0.15, -0.1) is 0 Å². The zero-order valence-electron chi connectivity index (χ0n) is 13.6. The van der Waals surface area contributed by atoms with E-state index in [1.807, 2.05) is 12.1 Å². The van der Waals surface area contributed by atoms with Gasteiger partial charge in [0, 0.05) is 25.3 Å². The molecule has 1 atom stereocenters. The maximum atomic E-state index is 5.84. The first-order chi connectivity index (χ1) is 11.3. The summed E-state index contributed by atoms with van der Waals surface area (Å²) in [5, 5.41) is 4.14. The Balaban J connectivity index is 1.40. The van der Waals surface area contributed by atoms with Crippen molar-refractivity contribution < 1.29 is 9.26 Å². The summed E-state index contributed by atoms with van der Waals surface area (Å²) in [6, 6.07) is 8.85. The monoisotopic (exact) mass is 313 g/mol. The fourth-order valence-corrected chi connectivity index (χ4v) is 3.60. The highest BCUT2D eigenvalue weighted by molar-refractivity contribution is 5.56. The predicted molar refractivity (Wildman–Crippen MR) is 88.4 cm³/mol. The number of rotatable bonds is 3. The van der Waals surface area contributed by atoms with E-state index in [4.69, 9.17) is 9.26 Å². The van der Waals surface area contributed by atoms with Gasteiger partial charge in [0.15, 0.2) is 0 Å². The van der Waals surface area contributed by atoms with E-state index in [1.54, 1.807) is 0 Å². The van der Waals surface area contributed by atoms with Crippen LogP contribution in [0.5, 0.6) is 0 Å². The molecule has 23 heavy (non-hydrogen) atoms. The van der Waals surface area contributed by atoms with E-state index in [0.717, 1.165) is 38.1 Å². The van der Waals surface area contributed by atoms with Crippen LogP contribution in [0.1, 0.15) is 31.2 Å². The fraction of sp³-hybridized carbons (Fsp3) is 0.556. The molecule has 0 N–H and O–H groups in total. The SMILES string of the molecule is Cc1ccc(-c2noc(N3CCC(C4CCCO4)CC3)n2)cc1. The Kier molecular flexibility index (Phi) is 4.04. The van der Waals surface area contributed by atoms with E-state index < -0.39 is 0 Å². The number of piperidine rings is 1. The molecular formula is C18H23N3O2. The Morgan fingerprint density at radius 2 is 1.87 bits per heavy atom. The van der Waals surface area contributed by atoms with E-state index in [1.165, 1.54) is 18.4 Å². The largest absolute Gasteiger partial charge is 0.378 e. The van der Waals surface area contributed by atoms with Crippen molar-refractivity contribution in [1.82, 2.24) is 10.1 Å². The summed E-state index contributed by atoms with van der Waals surface area (Å²) in [6.45, 7) is 4.96. The molecule has 2 aliphatic rings. The highest BCUT2D eigenvalue weighted by Gasteiger charge is 2.30. The van der Waals surface area contributed by atoms with Gasteiger partial charge in [0.1, 0.15) is 0 Å². The van der Waals surface area contributed by atoms with Crippen LogP contribution in [0.15, 0.2) is 28.8 Å². The van der Waals surface area contributed by atoms with Gasteiger partial charge in [0.25, 0.3) is 0 Å². The lowest BCUT2D eigenvalue weighted by Crippen LogP contribution is -2.37. The van der Waals surface area contributed by atoms with Crippen LogP contribution >= 0.6 is 0 Å². The summed E-state index contributed by atoms with van der Waals surface area (Å²) >= 11 is 0. The van der Waals surface area contributed by atoms with Crippen molar-refractivity contribution in [3.05, 3.63) is 29.8 Å². The zero-order valence-corrected chi connectivity index (χ0v) is 13.6. The normalized spacial score (nSPS) is 22.7. The van der Waals surface area contributed by atoms with Gasteiger partial charge in [0.2, 0.25) is 5.82 Å². The second-order valence-corrected chi connectivity index (χ2v) is 6.64. The lowest BCUT2D eigenvalue weighted by atomic mass is 9.90. The first-order valence-electron chi connectivity index (χ1n) is 8.57. The Morgan fingerprint density at radius 3 is 2.57 bits per heavy atom. The average molecular weight is 313 g/mol. The molecule has 5 heteroatoms. The first kappa shape index (κ1) is 14.7. The number of aryl methyl sites for hydroxylation is 1. The Labute approximate surface area is 136 Å². The molecular weight excluding hydrogens is 290 g/mol. The van der Waals surface area contributed by atoms with Crippen LogP contribution in [0.4, 0.5) is 6.01 Å². The molecule has 0 aliphatic carbocycles. The highest BCUT2D eigenvalue weighted by atomic mass is 16.5. The minimum atomic E-state index is 0.475. The summed E-state index contributed by atoms with van der Waals surface area (Å²) in [5.74, 6) is 1.36. The summed E-state index contributed by atoms with van der Waals surface area (Å²) in [7, 11) is 0. The molecule has 0 saturated carbocycles. The Hall–Kier alpha value is -1.88. The van der Waals surface area contributed by atoms with Gasteiger partial charge in [-0.25, -0.2) is 0 Å². The van der Waals surface area contributed by atoms with Crippen molar-refractivity contribution in [3.63, 3.8) is 0 Å². The molecule has 0 amide bonds. The Bertz CT molecular complexity index is 639. The van der Waals surface area contributed by atoms with Crippen molar-refractivity contribution in [2.45, 2.75) is 38.7 Å². The van der Waals surface area contributed by atoms with Gasteiger partial charge in [-0.3, -0.25) is 0 Å². The van der Waals surface area contributed by atoms with Crippen LogP contribution in [0.25, 0.3) is 11.4 Å². The third-order valence-electron chi connectivity index (χ3n) is 5.03. The summed E-state index contributed by atoms with van der Waals surface area (Å²) in [6.07, 6.45) is 5.21. The number of benzene rings is 1. The van der Waals surface area contributed by atoms with Crippen molar-refractivity contribution in [3.8, 4) is 11.4 Å². The number of nitrogens with zero attached hydrogens (tertiary/aromatic N) is 3. The molecule has 1 aromatic carbocycles. The van der Waals surface area contributed by atoms with E-state index >= 15 is 0 Å². The number of ether oxygens (including phenoxy) is 1. The van der Waals surface area contributed by atoms with Crippen molar-refractivity contribution >= 4 is 6.01 Å². The molecule has 0 bridgehead atoms. The van der Waals surface area contributed by atoms with E-state index in [0.29, 0.717) is 23.9 Å². The van der Waals surface area contributed by atoms with Crippen LogP contribution in [-0.2, 0) is 4.74 Å². The quantitative estimate of drug-likeness (QED) is 0.869. The molecule has 4 rings (SSSR count). The number of anilines is 1. The van der Waals surface area contributed by atoms with E-state index in [2.05, 4.69) is 34.1 Å². The first-order valence-corrected chi connectivity index (χ1v) is 8.57. The number of hydrogen-bond donors (Lipinski definition) is 0. The van der Waals surface area contributed by atoms with Crippen molar-refractivity contribution in [1.29, 1.82) is 0 Å². The van der Waals surface area contributed by atoms with Gasteiger partial charge in [0.05, 0.1) is 6.10 Å². The molecule has 122 valence electrons. The Morgan fingerprint density at radius 1 is 1.09 bits per heavy atom. The second kappa shape index (κ2) is 6.32. The van der Waals surface area contributed by atoms with E-state index in [-0.39, 0.29) is 0 Å². The molecule has 0 spiro atoms. The third-order valence-corrected chi connectivity index (χ3v) is 5.03. The van der Waals surface area contributed by atoms with Crippen LogP contribution in [0.2, 0.25) is 0 Å².